The van der Waals surface area contributed by atoms with Gasteiger partial charge in [0.15, 0.2) is 0 Å². The van der Waals surface area contributed by atoms with Crippen LogP contribution in [0, 0.1) is 5.82 Å². The van der Waals surface area contributed by atoms with Gasteiger partial charge in [-0.05, 0) is 49.9 Å². The zero-order chi connectivity index (χ0) is 17.7. The maximum absolute atomic E-state index is 13.2. The lowest BCUT2D eigenvalue weighted by Crippen LogP contribution is -2.53. The molecule has 2 aliphatic rings. The van der Waals surface area contributed by atoms with E-state index in [4.69, 9.17) is 0 Å². The average molecular weight is 370 g/mol. The lowest BCUT2D eigenvalue weighted by molar-refractivity contribution is 0.185. The minimum Gasteiger partial charge on any atom is -0.301 e. The van der Waals surface area contributed by atoms with Crippen molar-refractivity contribution in [3.63, 3.8) is 0 Å². The third-order valence-corrected chi connectivity index (χ3v) is 6.85. The Labute approximate surface area is 150 Å². The van der Waals surface area contributed by atoms with Crippen molar-refractivity contribution < 1.29 is 12.8 Å². The molecule has 0 spiro atoms. The van der Waals surface area contributed by atoms with Gasteiger partial charge in [0.05, 0.1) is 0 Å². The highest BCUT2D eigenvalue weighted by Crippen LogP contribution is 2.19. The first-order valence-electron chi connectivity index (χ1n) is 9.27. The number of hydrogen-bond donors (Lipinski definition) is 1. The summed E-state index contributed by atoms with van der Waals surface area (Å²) in [5.74, 6) is -0.189. The van der Waals surface area contributed by atoms with Crippen LogP contribution in [0.4, 0.5) is 4.39 Å². The molecule has 0 radical (unpaired) electrons. The Kier molecular flexibility index (Phi) is 6.44. The summed E-state index contributed by atoms with van der Waals surface area (Å²) < 4.78 is 42.5. The zero-order valence-electron chi connectivity index (χ0n) is 14.7. The maximum Gasteiger partial charge on any atom is 0.279 e. The van der Waals surface area contributed by atoms with E-state index in [9.17, 15) is 12.8 Å². The number of rotatable bonds is 7. The summed E-state index contributed by atoms with van der Waals surface area (Å²) in [6.07, 6.45) is 5.95. The molecule has 1 aliphatic carbocycles. The van der Waals surface area contributed by atoms with Crippen LogP contribution in [-0.4, -0.2) is 56.4 Å². The SMILES string of the molecule is O=S(=O)(NC1CCCC1)N1CCN(CCCc2cccc(F)c2)CC1. The molecule has 25 heavy (non-hydrogen) atoms. The molecule has 7 heteroatoms. The molecule has 5 nitrogen and oxygen atoms in total. The molecule has 1 aliphatic heterocycles. The van der Waals surface area contributed by atoms with Gasteiger partial charge in [0.2, 0.25) is 0 Å². The monoisotopic (exact) mass is 369 g/mol. The van der Waals surface area contributed by atoms with Gasteiger partial charge in [0.25, 0.3) is 10.2 Å². The molecular formula is C18H28FN3O2S. The number of piperazine rings is 1. The third-order valence-electron chi connectivity index (χ3n) is 5.17. The van der Waals surface area contributed by atoms with Crippen LogP contribution >= 0.6 is 0 Å². The third kappa shape index (κ3) is 5.48. The predicted octanol–water partition coefficient (Wildman–Crippen LogP) is 2.15. The van der Waals surface area contributed by atoms with Crippen molar-refractivity contribution in [2.75, 3.05) is 32.7 Å². The van der Waals surface area contributed by atoms with Gasteiger partial charge in [0.1, 0.15) is 5.82 Å². The van der Waals surface area contributed by atoms with Crippen LogP contribution in [-0.2, 0) is 16.6 Å². The quantitative estimate of drug-likeness (QED) is 0.801. The Morgan fingerprint density at radius 3 is 2.52 bits per heavy atom. The first-order valence-corrected chi connectivity index (χ1v) is 10.7. The Bertz CT molecular complexity index is 654. The normalized spacial score (nSPS) is 21.0. The van der Waals surface area contributed by atoms with Gasteiger partial charge in [-0.1, -0.05) is 25.0 Å². The van der Waals surface area contributed by atoms with Gasteiger partial charge >= 0.3 is 0 Å². The first-order chi connectivity index (χ1) is 12.0. The Morgan fingerprint density at radius 2 is 1.84 bits per heavy atom. The second-order valence-corrected chi connectivity index (χ2v) is 8.78. The topological polar surface area (TPSA) is 52.7 Å². The van der Waals surface area contributed by atoms with E-state index < -0.39 is 10.2 Å². The second kappa shape index (κ2) is 8.58. The van der Waals surface area contributed by atoms with Gasteiger partial charge < -0.3 is 4.90 Å². The summed E-state index contributed by atoms with van der Waals surface area (Å²) >= 11 is 0. The van der Waals surface area contributed by atoms with E-state index in [1.165, 1.54) is 6.07 Å². The van der Waals surface area contributed by atoms with Crippen LogP contribution in [0.1, 0.15) is 37.7 Å². The molecule has 1 aromatic carbocycles. The highest BCUT2D eigenvalue weighted by molar-refractivity contribution is 7.87. The largest absolute Gasteiger partial charge is 0.301 e. The number of nitrogens with zero attached hydrogens (tertiary/aromatic N) is 2. The molecule has 2 fully saturated rings. The van der Waals surface area contributed by atoms with Crippen molar-refractivity contribution in [2.24, 2.45) is 0 Å². The van der Waals surface area contributed by atoms with E-state index >= 15 is 0 Å². The van der Waals surface area contributed by atoms with E-state index in [1.54, 1.807) is 16.4 Å². The molecule has 1 N–H and O–H groups in total. The Balaban J connectivity index is 1.39. The lowest BCUT2D eigenvalue weighted by atomic mass is 10.1. The zero-order valence-corrected chi connectivity index (χ0v) is 15.5. The molecule has 1 heterocycles. The predicted molar refractivity (Wildman–Crippen MR) is 97.0 cm³/mol. The van der Waals surface area contributed by atoms with Crippen molar-refractivity contribution in [1.82, 2.24) is 13.9 Å². The molecule has 1 saturated heterocycles. The van der Waals surface area contributed by atoms with Crippen molar-refractivity contribution >= 4 is 10.2 Å². The first kappa shape index (κ1) is 18.8. The maximum atomic E-state index is 13.2. The highest BCUT2D eigenvalue weighted by Gasteiger charge is 2.29. The van der Waals surface area contributed by atoms with Crippen LogP contribution in [0.25, 0.3) is 0 Å². The van der Waals surface area contributed by atoms with Crippen molar-refractivity contribution in [3.8, 4) is 0 Å². The van der Waals surface area contributed by atoms with Crippen LogP contribution in [0.2, 0.25) is 0 Å². The fourth-order valence-electron chi connectivity index (χ4n) is 3.72. The number of nitrogens with one attached hydrogen (secondary N) is 1. The summed E-state index contributed by atoms with van der Waals surface area (Å²) in [4.78, 5) is 2.29. The molecule has 0 bridgehead atoms. The molecule has 140 valence electrons. The fraction of sp³-hybridized carbons (Fsp3) is 0.667. The Morgan fingerprint density at radius 1 is 1.12 bits per heavy atom. The molecule has 0 amide bonds. The van der Waals surface area contributed by atoms with Crippen LogP contribution < -0.4 is 4.72 Å². The summed E-state index contributed by atoms with van der Waals surface area (Å²) in [5.41, 5.74) is 1.02. The molecular weight excluding hydrogens is 341 g/mol. The minimum atomic E-state index is -3.34. The van der Waals surface area contributed by atoms with E-state index in [0.717, 1.165) is 63.7 Å². The number of benzene rings is 1. The highest BCUT2D eigenvalue weighted by atomic mass is 32.2. The molecule has 3 rings (SSSR count). The molecule has 1 aromatic rings. The Hall–Kier alpha value is -1.02. The second-order valence-electron chi connectivity index (χ2n) is 7.08. The van der Waals surface area contributed by atoms with E-state index in [2.05, 4.69) is 9.62 Å². The fourth-order valence-corrected chi connectivity index (χ4v) is 5.17. The van der Waals surface area contributed by atoms with Gasteiger partial charge in [-0.3, -0.25) is 0 Å². The number of aryl methyl sites for hydroxylation is 1. The molecule has 1 saturated carbocycles. The van der Waals surface area contributed by atoms with Gasteiger partial charge in [-0.25, -0.2) is 4.39 Å². The summed E-state index contributed by atoms with van der Waals surface area (Å²) in [6, 6.07) is 6.85. The van der Waals surface area contributed by atoms with Crippen LogP contribution in [0.5, 0.6) is 0 Å². The van der Waals surface area contributed by atoms with Gasteiger partial charge in [0, 0.05) is 32.2 Å². The lowest BCUT2D eigenvalue weighted by Gasteiger charge is -2.34. The smallest absolute Gasteiger partial charge is 0.279 e. The summed E-state index contributed by atoms with van der Waals surface area (Å²) in [7, 11) is -3.34. The standard InChI is InChI=1S/C18H28FN3O2S/c19-17-7-3-5-16(15-17)6-4-10-21-11-13-22(14-12-21)25(23,24)20-18-8-1-2-9-18/h3,5,7,15,18,20H,1-2,4,6,8-14H2. The van der Waals surface area contributed by atoms with Crippen LogP contribution in [0.15, 0.2) is 24.3 Å². The average Bonchev–Trinajstić information content (AvgIpc) is 3.08. The van der Waals surface area contributed by atoms with Crippen LogP contribution in [0.3, 0.4) is 0 Å². The van der Waals surface area contributed by atoms with Gasteiger partial charge in [-0.15, -0.1) is 0 Å². The molecule has 0 aromatic heterocycles. The minimum absolute atomic E-state index is 0.120. The van der Waals surface area contributed by atoms with E-state index in [1.807, 2.05) is 6.07 Å². The van der Waals surface area contributed by atoms with E-state index in [-0.39, 0.29) is 11.9 Å². The van der Waals surface area contributed by atoms with Crippen molar-refractivity contribution in [3.05, 3.63) is 35.6 Å². The van der Waals surface area contributed by atoms with Gasteiger partial charge in [-0.2, -0.15) is 17.4 Å². The van der Waals surface area contributed by atoms with E-state index in [0.29, 0.717) is 13.1 Å². The number of hydrogen-bond acceptors (Lipinski definition) is 3. The van der Waals surface area contributed by atoms with Crippen molar-refractivity contribution in [2.45, 2.75) is 44.6 Å². The summed E-state index contributed by atoms with van der Waals surface area (Å²) in [5, 5.41) is 0. The van der Waals surface area contributed by atoms with Crippen molar-refractivity contribution in [1.29, 1.82) is 0 Å². The molecule has 0 atom stereocenters. The molecule has 0 unspecified atom stereocenters. The number of halogens is 1. The summed E-state index contributed by atoms with van der Waals surface area (Å²) in [6.45, 7) is 3.52.